The lowest BCUT2D eigenvalue weighted by molar-refractivity contribution is 0.154. The van der Waals surface area contributed by atoms with Gasteiger partial charge in [0.25, 0.3) is 0 Å². The maximum Gasteiger partial charge on any atom is 0.414 e. The lowest BCUT2D eigenvalue weighted by atomic mass is 10.2. The van der Waals surface area contributed by atoms with Crippen molar-refractivity contribution in [1.29, 1.82) is 0 Å². The van der Waals surface area contributed by atoms with Crippen molar-refractivity contribution in [2.45, 2.75) is 6.61 Å². The van der Waals surface area contributed by atoms with Crippen LogP contribution in [0.25, 0.3) is 0 Å². The Labute approximate surface area is 107 Å². The molecule has 0 atom stereocenters. The van der Waals surface area contributed by atoms with Gasteiger partial charge in [-0.1, -0.05) is 30.3 Å². The molecule has 0 aliphatic carbocycles. The van der Waals surface area contributed by atoms with Crippen LogP contribution < -0.4 is 5.32 Å². The van der Waals surface area contributed by atoms with E-state index in [0.717, 1.165) is 5.56 Å². The lowest BCUT2D eigenvalue weighted by Gasteiger charge is -2.04. The second kappa shape index (κ2) is 5.54. The van der Waals surface area contributed by atoms with Crippen molar-refractivity contribution >= 4 is 27.9 Å². The molecule has 0 saturated heterocycles. The van der Waals surface area contributed by atoms with E-state index < -0.39 is 6.09 Å². The zero-order valence-electron chi connectivity index (χ0n) is 8.85. The van der Waals surface area contributed by atoms with E-state index in [1.807, 2.05) is 30.3 Å². The SMILES string of the molecule is O=C(Nc1ccc(Br)o1)OCc1ccccc1. The fraction of sp³-hybridized carbons (Fsp3) is 0.0833. The highest BCUT2D eigenvalue weighted by Crippen LogP contribution is 2.18. The summed E-state index contributed by atoms with van der Waals surface area (Å²) in [5.41, 5.74) is 0.934. The van der Waals surface area contributed by atoms with Crippen LogP contribution in [-0.2, 0) is 11.3 Å². The van der Waals surface area contributed by atoms with Crippen molar-refractivity contribution in [3.63, 3.8) is 0 Å². The number of furan rings is 1. The van der Waals surface area contributed by atoms with Gasteiger partial charge in [-0.2, -0.15) is 0 Å². The summed E-state index contributed by atoms with van der Waals surface area (Å²) in [6, 6.07) is 12.8. The van der Waals surface area contributed by atoms with Crippen molar-refractivity contribution in [3.8, 4) is 0 Å². The number of nitrogens with one attached hydrogen (secondary N) is 1. The third-order valence-electron chi connectivity index (χ3n) is 2.01. The number of hydrogen-bond acceptors (Lipinski definition) is 3. The first-order chi connectivity index (χ1) is 8.24. The van der Waals surface area contributed by atoms with E-state index in [-0.39, 0.29) is 6.61 Å². The molecule has 1 heterocycles. The van der Waals surface area contributed by atoms with Gasteiger partial charge in [0.05, 0.1) is 0 Å². The summed E-state index contributed by atoms with van der Waals surface area (Å²) in [5, 5.41) is 2.48. The molecule has 0 radical (unpaired) electrons. The zero-order chi connectivity index (χ0) is 12.1. The van der Waals surface area contributed by atoms with Gasteiger partial charge in [0.1, 0.15) is 6.61 Å². The number of carbonyl (C=O) groups excluding carboxylic acids is 1. The average Bonchev–Trinajstić information content (AvgIpc) is 2.73. The first kappa shape index (κ1) is 11.7. The molecule has 0 bridgehead atoms. The predicted octanol–water partition coefficient (Wildman–Crippen LogP) is 3.79. The standard InChI is InChI=1S/C12H10BrNO3/c13-10-6-7-11(17-10)14-12(15)16-8-9-4-2-1-3-5-9/h1-7H,8H2,(H,14,15). The van der Waals surface area contributed by atoms with Crippen molar-refractivity contribution in [2.24, 2.45) is 0 Å². The first-order valence-electron chi connectivity index (χ1n) is 4.97. The molecular formula is C12H10BrNO3. The summed E-state index contributed by atoms with van der Waals surface area (Å²) in [6.45, 7) is 0.231. The Bertz CT molecular complexity index is 495. The molecule has 0 aliphatic rings. The molecule has 1 aromatic carbocycles. The molecule has 2 aromatic rings. The van der Waals surface area contributed by atoms with E-state index >= 15 is 0 Å². The molecule has 5 heteroatoms. The molecule has 4 nitrogen and oxygen atoms in total. The summed E-state index contributed by atoms with van der Waals surface area (Å²) < 4.78 is 10.7. The number of benzene rings is 1. The molecular weight excluding hydrogens is 286 g/mol. The van der Waals surface area contributed by atoms with Crippen LogP contribution in [0.1, 0.15) is 5.56 Å². The third-order valence-corrected chi connectivity index (χ3v) is 2.44. The van der Waals surface area contributed by atoms with Crippen molar-refractivity contribution in [2.75, 3.05) is 5.32 Å². The smallest absolute Gasteiger partial charge is 0.414 e. The average molecular weight is 296 g/mol. The molecule has 88 valence electrons. The van der Waals surface area contributed by atoms with Gasteiger partial charge < -0.3 is 9.15 Å². The lowest BCUT2D eigenvalue weighted by Crippen LogP contribution is -2.12. The van der Waals surface area contributed by atoms with Gasteiger partial charge >= 0.3 is 6.09 Å². The number of anilines is 1. The summed E-state index contributed by atoms with van der Waals surface area (Å²) in [7, 11) is 0. The van der Waals surface area contributed by atoms with Gasteiger partial charge in [-0.25, -0.2) is 4.79 Å². The van der Waals surface area contributed by atoms with E-state index in [2.05, 4.69) is 21.2 Å². The highest BCUT2D eigenvalue weighted by Gasteiger charge is 2.06. The highest BCUT2D eigenvalue weighted by molar-refractivity contribution is 9.10. The summed E-state index contributed by atoms with van der Waals surface area (Å²) in [6.07, 6.45) is -0.546. The number of hydrogen-bond donors (Lipinski definition) is 1. The molecule has 0 unspecified atom stereocenters. The minimum Gasteiger partial charge on any atom is -0.444 e. The van der Waals surface area contributed by atoms with Crippen molar-refractivity contribution < 1.29 is 13.9 Å². The van der Waals surface area contributed by atoms with E-state index in [4.69, 9.17) is 9.15 Å². The molecule has 1 N–H and O–H groups in total. The largest absolute Gasteiger partial charge is 0.444 e. The van der Waals surface area contributed by atoms with Crippen LogP contribution >= 0.6 is 15.9 Å². The predicted molar refractivity (Wildman–Crippen MR) is 66.7 cm³/mol. The minimum absolute atomic E-state index is 0.231. The first-order valence-corrected chi connectivity index (χ1v) is 5.76. The molecule has 1 aromatic heterocycles. The van der Waals surface area contributed by atoms with Gasteiger partial charge in [-0.15, -0.1) is 0 Å². The number of amides is 1. The van der Waals surface area contributed by atoms with Crippen molar-refractivity contribution in [3.05, 3.63) is 52.7 Å². The van der Waals surface area contributed by atoms with E-state index in [9.17, 15) is 4.79 Å². The summed E-state index contributed by atoms with van der Waals surface area (Å²) in [5.74, 6) is 0.343. The van der Waals surface area contributed by atoms with Gasteiger partial charge in [-0.05, 0) is 27.6 Å². The van der Waals surface area contributed by atoms with Crippen molar-refractivity contribution in [1.82, 2.24) is 0 Å². The molecule has 0 fully saturated rings. The van der Waals surface area contributed by atoms with E-state index in [0.29, 0.717) is 10.6 Å². The Morgan fingerprint density at radius 2 is 2.00 bits per heavy atom. The number of ether oxygens (including phenoxy) is 1. The fourth-order valence-electron chi connectivity index (χ4n) is 1.24. The Morgan fingerprint density at radius 3 is 2.65 bits per heavy atom. The van der Waals surface area contributed by atoms with Gasteiger partial charge in [0.15, 0.2) is 4.67 Å². The fourth-order valence-corrected chi connectivity index (χ4v) is 1.55. The molecule has 0 saturated carbocycles. The molecule has 2 rings (SSSR count). The Balaban J connectivity index is 1.82. The maximum absolute atomic E-state index is 11.4. The van der Waals surface area contributed by atoms with Crippen LogP contribution in [0.4, 0.5) is 10.7 Å². The minimum atomic E-state index is -0.546. The number of halogens is 1. The van der Waals surface area contributed by atoms with E-state index in [1.54, 1.807) is 12.1 Å². The molecule has 1 amide bonds. The second-order valence-corrected chi connectivity index (χ2v) is 4.07. The van der Waals surface area contributed by atoms with Gasteiger partial charge in [0.2, 0.25) is 5.88 Å². The van der Waals surface area contributed by atoms with Crippen LogP contribution in [0.15, 0.2) is 51.6 Å². The van der Waals surface area contributed by atoms with Crippen LogP contribution in [-0.4, -0.2) is 6.09 Å². The monoisotopic (exact) mass is 295 g/mol. The molecule has 0 aliphatic heterocycles. The van der Waals surface area contributed by atoms with E-state index in [1.165, 1.54) is 0 Å². The maximum atomic E-state index is 11.4. The second-order valence-electron chi connectivity index (χ2n) is 3.29. The normalized spacial score (nSPS) is 9.94. The van der Waals surface area contributed by atoms with Crippen LogP contribution in [0.3, 0.4) is 0 Å². The Kier molecular flexibility index (Phi) is 3.82. The third kappa shape index (κ3) is 3.64. The number of carbonyl (C=O) groups is 1. The Morgan fingerprint density at radius 1 is 1.24 bits per heavy atom. The molecule has 17 heavy (non-hydrogen) atoms. The van der Waals surface area contributed by atoms with Crippen LogP contribution in [0, 0.1) is 0 Å². The topological polar surface area (TPSA) is 51.5 Å². The summed E-state index contributed by atoms with van der Waals surface area (Å²) >= 11 is 3.14. The Hall–Kier alpha value is -1.75. The quantitative estimate of drug-likeness (QED) is 0.937. The summed E-state index contributed by atoms with van der Waals surface area (Å²) in [4.78, 5) is 11.4. The van der Waals surface area contributed by atoms with Gasteiger partial charge in [-0.3, -0.25) is 5.32 Å². The van der Waals surface area contributed by atoms with Crippen LogP contribution in [0.2, 0.25) is 0 Å². The highest BCUT2D eigenvalue weighted by atomic mass is 79.9. The number of rotatable bonds is 3. The zero-order valence-corrected chi connectivity index (χ0v) is 10.4. The van der Waals surface area contributed by atoms with Gasteiger partial charge in [0, 0.05) is 6.07 Å². The molecule has 0 spiro atoms. The van der Waals surface area contributed by atoms with Crippen LogP contribution in [0.5, 0.6) is 0 Å².